The third-order valence-corrected chi connectivity index (χ3v) is 5.85. The van der Waals surface area contributed by atoms with Crippen molar-refractivity contribution < 1.29 is 26.0 Å². The molecule has 1 unspecified atom stereocenters. The lowest BCUT2D eigenvalue weighted by Gasteiger charge is -2.24. The van der Waals surface area contributed by atoms with Gasteiger partial charge in [-0.15, -0.1) is 0 Å². The number of benzene rings is 1. The van der Waals surface area contributed by atoms with Gasteiger partial charge in [0.1, 0.15) is 5.82 Å². The zero-order chi connectivity index (χ0) is 17.1. The minimum Gasteiger partial charge on any atom is -0.212 e. The highest BCUT2D eigenvalue weighted by Gasteiger charge is 2.34. The van der Waals surface area contributed by atoms with Crippen LogP contribution in [0.25, 0.3) is 0 Å². The van der Waals surface area contributed by atoms with Crippen LogP contribution >= 0.6 is 0 Å². The second kappa shape index (κ2) is 7.17. The first-order valence-corrected chi connectivity index (χ1v) is 9.08. The molecule has 3 nitrogen and oxygen atoms in total. The maximum atomic E-state index is 13.0. The summed E-state index contributed by atoms with van der Waals surface area (Å²) in [6, 6.07) is 5.82. The molecule has 0 aliphatic carbocycles. The van der Waals surface area contributed by atoms with E-state index >= 15 is 0 Å². The van der Waals surface area contributed by atoms with Gasteiger partial charge in [-0.25, -0.2) is 17.1 Å². The Morgan fingerprint density at radius 1 is 1.13 bits per heavy atom. The van der Waals surface area contributed by atoms with Gasteiger partial charge in [0.25, 0.3) is 0 Å². The maximum absolute atomic E-state index is 13.0. The molecule has 1 fully saturated rings. The Bertz CT molecular complexity index is 613. The lowest BCUT2D eigenvalue weighted by atomic mass is 9.95. The van der Waals surface area contributed by atoms with Crippen molar-refractivity contribution >= 4 is 10.0 Å². The highest BCUT2D eigenvalue weighted by molar-refractivity contribution is 7.89. The number of sulfonamides is 1. The summed E-state index contributed by atoms with van der Waals surface area (Å²) in [6.45, 7) is 0.379. The molecule has 1 aliphatic heterocycles. The molecule has 0 amide bonds. The third-order valence-electron chi connectivity index (χ3n) is 4.01. The first-order chi connectivity index (χ1) is 10.7. The molecule has 2 rings (SSSR count). The number of hydrogen-bond donors (Lipinski definition) is 0. The highest BCUT2D eigenvalue weighted by atomic mass is 32.2. The normalized spacial score (nSPS) is 21.1. The number of alkyl halides is 3. The van der Waals surface area contributed by atoms with Crippen molar-refractivity contribution in [1.29, 1.82) is 0 Å². The number of halogens is 4. The predicted octanol–water partition coefficient (Wildman–Crippen LogP) is 3.68. The minimum absolute atomic E-state index is 0.126. The van der Waals surface area contributed by atoms with Gasteiger partial charge in [-0.3, -0.25) is 0 Å². The number of nitrogens with zero attached hydrogens (tertiary/aromatic N) is 1. The van der Waals surface area contributed by atoms with Crippen LogP contribution in [-0.2, 0) is 10.0 Å². The van der Waals surface area contributed by atoms with Crippen molar-refractivity contribution in [2.75, 3.05) is 18.8 Å². The molecule has 1 aromatic carbocycles. The van der Waals surface area contributed by atoms with Crippen LogP contribution in [0, 0.1) is 5.82 Å². The summed E-state index contributed by atoms with van der Waals surface area (Å²) >= 11 is 0. The first kappa shape index (κ1) is 18.2. The standard InChI is InChI=1S/C15H19F4NO2S/c16-14-6-4-12(5-7-14)13-3-1-2-9-20(11-13)23(21,22)10-8-15(17,18)19/h4-7,13H,1-3,8-11H2. The zero-order valence-electron chi connectivity index (χ0n) is 12.5. The van der Waals surface area contributed by atoms with Crippen LogP contribution in [0.4, 0.5) is 17.6 Å². The molecule has 1 atom stereocenters. The molecule has 1 heterocycles. The predicted molar refractivity (Wildman–Crippen MR) is 79.0 cm³/mol. The van der Waals surface area contributed by atoms with Gasteiger partial charge in [-0.2, -0.15) is 13.2 Å². The summed E-state index contributed by atoms with van der Waals surface area (Å²) in [5.41, 5.74) is 0.810. The summed E-state index contributed by atoms with van der Waals surface area (Å²) in [5.74, 6) is -1.43. The molecular weight excluding hydrogens is 334 g/mol. The summed E-state index contributed by atoms with van der Waals surface area (Å²) in [6.07, 6.45) is -3.70. The quantitative estimate of drug-likeness (QED) is 0.775. The molecule has 0 spiro atoms. The van der Waals surface area contributed by atoms with E-state index in [4.69, 9.17) is 0 Å². The van der Waals surface area contributed by atoms with E-state index in [1.54, 1.807) is 12.1 Å². The summed E-state index contributed by atoms with van der Waals surface area (Å²) < 4.78 is 75.4. The van der Waals surface area contributed by atoms with E-state index < -0.39 is 28.4 Å². The SMILES string of the molecule is O=S(=O)(CCC(F)(F)F)N1CCCCC(c2ccc(F)cc2)C1. The fourth-order valence-corrected chi connectivity index (χ4v) is 4.30. The van der Waals surface area contributed by atoms with Crippen LogP contribution in [0.1, 0.15) is 37.2 Å². The Labute approximate surface area is 133 Å². The molecule has 0 bridgehead atoms. The number of rotatable bonds is 4. The van der Waals surface area contributed by atoms with Crippen molar-refractivity contribution in [1.82, 2.24) is 4.31 Å². The van der Waals surface area contributed by atoms with E-state index in [0.29, 0.717) is 6.42 Å². The molecular formula is C15H19F4NO2S. The van der Waals surface area contributed by atoms with E-state index in [2.05, 4.69) is 0 Å². The van der Waals surface area contributed by atoms with Crippen LogP contribution in [0.5, 0.6) is 0 Å². The molecule has 1 aliphatic rings. The van der Waals surface area contributed by atoms with Crippen molar-refractivity contribution in [3.8, 4) is 0 Å². The van der Waals surface area contributed by atoms with Gasteiger partial charge in [0.2, 0.25) is 10.0 Å². The molecule has 8 heteroatoms. The fraction of sp³-hybridized carbons (Fsp3) is 0.600. The van der Waals surface area contributed by atoms with Crippen LogP contribution in [0.2, 0.25) is 0 Å². The van der Waals surface area contributed by atoms with Crippen molar-refractivity contribution in [3.63, 3.8) is 0 Å². The van der Waals surface area contributed by atoms with Crippen molar-refractivity contribution in [2.45, 2.75) is 37.8 Å². The summed E-state index contributed by atoms with van der Waals surface area (Å²) in [7, 11) is -3.95. The molecule has 0 aromatic heterocycles. The lowest BCUT2D eigenvalue weighted by molar-refractivity contribution is -0.130. The Morgan fingerprint density at radius 2 is 1.78 bits per heavy atom. The summed E-state index contributed by atoms with van der Waals surface area (Å²) in [4.78, 5) is 0. The molecule has 23 heavy (non-hydrogen) atoms. The van der Waals surface area contributed by atoms with Gasteiger partial charge in [0.15, 0.2) is 0 Å². The van der Waals surface area contributed by atoms with E-state index in [1.165, 1.54) is 12.1 Å². The molecule has 0 saturated carbocycles. The average Bonchev–Trinajstić information content (AvgIpc) is 2.72. The molecule has 1 aromatic rings. The van der Waals surface area contributed by atoms with Crippen LogP contribution < -0.4 is 0 Å². The van der Waals surface area contributed by atoms with Gasteiger partial charge in [-0.1, -0.05) is 18.6 Å². The Morgan fingerprint density at radius 3 is 2.39 bits per heavy atom. The van der Waals surface area contributed by atoms with E-state index in [1.807, 2.05) is 0 Å². The van der Waals surface area contributed by atoms with E-state index in [-0.39, 0.29) is 24.8 Å². The van der Waals surface area contributed by atoms with Crippen molar-refractivity contribution in [3.05, 3.63) is 35.6 Å². The Balaban J connectivity index is 2.11. The third kappa shape index (κ3) is 5.46. The zero-order valence-corrected chi connectivity index (χ0v) is 13.3. The Hall–Kier alpha value is -1.15. The van der Waals surface area contributed by atoms with Crippen LogP contribution in [0.15, 0.2) is 24.3 Å². The highest BCUT2D eigenvalue weighted by Crippen LogP contribution is 2.29. The van der Waals surface area contributed by atoms with Gasteiger partial charge in [0.05, 0.1) is 12.2 Å². The number of hydrogen-bond acceptors (Lipinski definition) is 2. The second-order valence-electron chi connectivity index (χ2n) is 5.78. The molecule has 0 N–H and O–H groups in total. The van der Waals surface area contributed by atoms with Gasteiger partial charge in [0, 0.05) is 13.1 Å². The van der Waals surface area contributed by atoms with Gasteiger partial charge in [-0.05, 0) is 36.5 Å². The molecule has 0 radical (unpaired) electrons. The van der Waals surface area contributed by atoms with Crippen LogP contribution in [0.3, 0.4) is 0 Å². The second-order valence-corrected chi connectivity index (χ2v) is 7.87. The van der Waals surface area contributed by atoms with Gasteiger partial charge >= 0.3 is 6.18 Å². The monoisotopic (exact) mass is 353 g/mol. The topological polar surface area (TPSA) is 37.4 Å². The maximum Gasteiger partial charge on any atom is 0.390 e. The largest absolute Gasteiger partial charge is 0.390 e. The van der Waals surface area contributed by atoms with E-state index in [0.717, 1.165) is 22.7 Å². The smallest absolute Gasteiger partial charge is 0.212 e. The molecule has 130 valence electrons. The van der Waals surface area contributed by atoms with Crippen LogP contribution in [-0.4, -0.2) is 37.7 Å². The van der Waals surface area contributed by atoms with E-state index in [9.17, 15) is 26.0 Å². The minimum atomic E-state index is -4.49. The average molecular weight is 353 g/mol. The first-order valence-electron chi connectivity index (χ1n) is 7.47. The summed E-state index contributed by atoms with van der Waals surface area (Å²) in [5, 5.41) is 0. The van der Waals surface area contributed by atoms with Gasteiger partial charge < -0.3 is 0 Å². The van der Waals surface area contributed by atoms with Crippen molar-refractivity contribution in [2.24, 2.45) is 0 Å². The Kier molecular flexibility index (Phi) is 5.67. The lowest BCUT2D eigenvalue weighted by Crippen LogP contribution is -2.36. The fourth-order valence-electron chi connectivity index (χ4n) is 2.74. The molecule has 1 saturated heterocycles.